The third kappa shape index (κ3) is 1.32. The Morgan fingerprint density at radius 3 is 3.12 bits per heavy atom. The van der Waals surface area contributed by atoms with Crippen molar-refractivity contribution in [1.82, 2.24) is 4.98 Å². The van der Waals surface area contributed by atoms with Crippen molar-refractivity contribution in [3.8, 4) is 6.07 Å². The second-order valence-corrected chi connectivity index (χ2v) is 4.72. The summed E-state index contributed by atoms with van der Waals surface area (Å²) >= 11 is 6.01. The molecule has 2 aromatic rings. The number of aromatic amines is 1. The first kappa shape index (κ1) is 9.74. The smallest absolute Gasteiger partial charge is 0.0865 e. The Morgan fingerprint density at radius 1 is 1.44 bits per heavy atom. The number of hydrogen-bond acceptors (Lipinski definition) is 1. The monoisotopic (exact) mass is 230 g/mol. The minimum absolute atomic E-state index is 0.0231. The molecule has 1 N–H and O–H groups in total. The highest BCUT2D eigenvalue weighted by Gasteiger charge is 2.23. The van der Waals surface area contributed by atoms with Crippen LogP contribution < -0.4 is 0 Å². The van der Waals surface area contributed by atoms with E-state index in [0.29, 0.717) is 0 Å². The molecule has 2 nitrogen and oxygen atoms in total. The largest absolute Gasteiger partial charge is 0.357 e. The molecular formula is C13H11ClN2. The molecule has 0 aliphatic heterocycles. The van der Waals surface area contributed by atoms with Crippen LogP contribution in [0.25, 0.3) is 10.9 Å². The number of hydrogen-bond donors (Lipinski definition) is 1. The van der Waals surface area contributed by atoms with E-state index in [-0.39, 0.29) is 5.92 Å². The summed E-state index contributed by atoms with van der Waals surface area (Å²) in [5.74, 6) is 0.0231. The number of rotatable bonds is 0. The molecule has 0 amide bonds. The Bertz CT molecular complexity index is 592. The van der Waals surface area contributed by atoms with Crippen LogP contribution in [0.2, 0.25) is 5.02 Å². The average Bonchev–Trinajstić information content (AvgIpc) is 2.67. The summed E-state index contributed by atoms with van der Waals surface area (Å²) in [4.78, 5) is 3.36. The molecule has 0 radical (unpaired) electrons. The normalized spacial score (nSPS) is 19.4. The molecule has 1 aromatic heterocycles. The standard InChI is InChI=1S/C13H11ClN2/c14-9-4-5-12-11(6-9)10-3-1-2-8(7-15)13(10)16-12/h4-6,8,16H,1-3H2/t8-/m0/s1. The second kappa shape index (κ2) is 3.54. The molecular weight excluding hydrogens is 220 g/mol. The van der Waals surface area contributed by atoms with Crippen LogP contribution in [-0.2, 0) is 6.42 Å². The molecule has 1 aliphatic carbocycles. The highest BCUT2D eigenvalue weighted by Crippen LogP contribution is 2.36. The van der Waals surface area contributed by atoms with Gasteiger partial charge in [-0.05, 0) is 43.0 Å². The summed E-state index contributed by atoms with van der Waals surface area (Å²) in [6.45, 7) is 0. The van der Waals surface area contributed by atoms with Gasteiger partial charge in [-0.1, -0.05) is 11.6 Å². The first-order chi connectivity index (χ1) is 7.79. The van der Waals surface area contributed by atoms with E-state index < -0.39 is 0 Å². The fraction of sp³-hybridized carbons (Fsp3) is 0.308. The van der Waals surface area contributed by atoms with Gasteiger partial charge in [0.2, 0.25) is 0 Å². The number of nitriles is 1. The molecule has 1 heterocycles. The van der Waals surface area contributed by atoms with Crippen LogP contribution in [0.3, 0.4) is 0 Å². The molecule has 0 spiro atoms. The summed E-state index contributed by atoms with van der Waals surface area (Å²) in [5.41, 5.74) is 3.48. The molecule has 1 atom stereocenters. The molecule has 0 bridgehead atoms. The van der Waals surface area contributed by atoms with Gasteiger partial charge in [0, 0.05) is 21.6 Å². The van der Waals surface area contributed by atoms with Crippen molar-refractivity contribution in [1.29, 1.82) is 5.26 Å². The van der Waals surface area contributed by atoms with Crippen LogP contribution in [0, 0.1) is 11.3 Å². The van der Waals surface area contributed by atoms with Crippen molar-refractivity contribution in [3.05, 3.63) is 34.5 Å². The molecule has 0 fully saturated rings. The molecule has 1 aromatic carbocycles. The minimum atomic E-state index is 0.0231. The zero-order valence-corrected chi connectivity index (χ0v) is 9.51. The van der Waals surface area contributed by atoms with Gasteiger partial charge in [0.15, 0.2) is 0 Å². The zero-order valence-electron chi connectivity index (χ0n) is 8.76. The molecule has 3 rings (SSSR count). The van der Waals surface area contributed by atoms with E-state index >= 15 is 0 Å². The lowest BCUT2D eigenvalue weighted by Gasteiger charge is -2.16. The lowest BCUT2D eigenvalue weighted by atomic mass is 9.88. The third-order valence-electron chi connectivity index (χ3n) is 3.33. The number of fused-ring (bicyclic) bond motifs is 3. The van der Waals surface area contributed by atoms with Crippen LogP contribution >= 0.6 is 11.6 Å². The molecule has 3 heteroatoms. The predicted molar refractivity (Wildman–Crippen MR) is 64.6 cm³/mol. The van der Waals surface area contributed by atoms with E-state index in [0.717, 1.165) is 35.5 Å². The fourth-order valence-corrected chi connectivity index (χ4v) is 2.74. The molecule has 0 saturated heterocycles. The van der Waals surface area contributed by atoms with Crippen molar-refractivity contribution in [3.63, 3.8) is 0 Å². The van der Waals surface area contributed by atoms with E-state index in [9.17, 15) is 0 Å². The summed E-state index contributed by atoms with van der Waals surface area (Å²) in [5, 5.41) is 11.1. The van der Waals surface area contributed by atoms with E-state index in [1.165, 1.54) is 10.9 Å². The second-order valence-electron chi connectivity index (χ2n) is 4.28. The third-order valence-corrected chi connectivity index (χ3v) is 3.56. The quantitative estimate of drug-likeness (QED) is 0.735. The molecule has 1 aliphatic rings. The summed E-state index contributed by atoms with van der Waals surface area (Å²) < 4.78 is 0. The van der Waals surface area contributed by atoms with Gasteiger partial charge >= 0.3 is 0 Å². The Balaban J connectivity index is 2.30. The molecule has 80 valence electrons. The lowest BCUT2D eigenvalue weighted by Crippen LogP contribution is -2.06. The molecule has 16 heavy (non-hydrogen) atoms. The highest BCUT2D eigenvalue weighted by molar-refractivity contribution is 6.31. The van der Waals surface area contributed by atoms with Crippen LogP contribution in [-0.4, -0.2) is 4.98 Å². The van der Waals surface area contributed by atoms with Gasteiger partial charge < -0.3 is 4.98 Å². The van der Waals surface area contributed by atoms with Gasteiger partial charge in [-0.15, -0.1) is 0 Å². The Morgan fingerprint density at radius 2 is 2.31 bits per heavy atom. The van der Waals surface area contributed by atoms with Gasteiger partial charge in [0.25, 0.3) is 0 Å². The number of aryl methyl sites for hydroxylation is 1. The maximum Gasteiger partial charge on any atom is 0.0865 e. The van der Waals surface area contributed by atoms with Crippen LogP contribution in [0.15, 0.2) is 18.2 Å². The number of halogens is 1. The van der Waals surface area contributed by atoms with E-state index in [2.05, 4.69) is 11.1 Å². The number of benzene rings is 1. The highest BCUT2D eigenvalue weighted by atomic mass is 35.5. The lowest BCUT2D eigenvalue weighted by molar-refractivity contribution is 0.629. The van der Waals surface area contributed by atoms with Gasteiger partial charge in [-0.3, -0.25) is 0 Å². The van der Waals surface area contributed by atoms with E-state index in [1.807, 2.05) is 18.2 Å². The molecule has 0 saturated carbocycles. The van der Waals surface area contributed by atoms with Crippen LogP contribution in [0.5, 0.6) is 0 Å². The maximum absolute atomic E-state index is 9.12. The van der Waals surface area contributed by atoms with Crippen LogP contribution in [0.1, 0.15) is 30.0 Å². The minimum Gasteiger partial charge on any atom is -0.357 e. The van der Waals surface area contributed by atoms with Crippen molar-refractivity contribution in [2.24, 2.45) is 0 Å². The van der Waals surface area contributed by atoms with Crippen molar-refractivity contribution in [2.45, 2.75) is 25.2 Å². The first-order valence-electron chi connectivity index (χ1n) is 5.49. The SMILES string of the molecule is N#C[C@@H]1CCCc2c1[nH]c1ccc(Cl)cc21. The molecule has 0 unspecified atom stereocenters. The van der Waals surface area contributed by atoms with Gasteiger partial charge in [0.05, 0.1) is 12.0 Å². The number of aromatic nitrogens is 1. The van der Waals surface area contributed by atoms with E-state index in [1.54, 1.807) is 0 Å². The predicted octanol–water partition coefficient (Wildman–Crippen LogP) is 3.76. The van der Waals surface area contributed by atoms with Crippen LogP contribution in [0.4, 0.5) is 0 Å². The van der Waals surface area contributed by atoms with Gasteiger partial charge in [-0.25, -0.2) is 0 Å². The van der Waals surface area contributed by atoms with Gasteiger partial charge in [-0.2, -0.15) is 5.26 Å². The topological polar surface area (TPSA) is 39.6 Å². The summed E-state index contributed by atoms with van der Waals surface area (Å²) in [6, 6.07) is 8.24. The Hall–Kier alpha value is -1.46. The van der Waals surface area contributed by atoms with Gasteiger partial charge in [0.1, 0.15) is 0 Å². The zero-order chi connectivity index (χ0) is 11.1. The number of nitrogens with zero attached hydrogens (tertiary/aromatic N) is 1. The van der Waals surface area contributed by atoms with E-state index in [4.69, 9.17) is 16.9 Å². The van der Waals surface area contributed by atoms with Crippen molar-refractivity contribution >= 4 is 22.5 Å². The average molecular weight is 231 g/mol. The summed E-state index contributed by atoms with van der Waals surface area (Å²) in [7, 11) is 0. The first-order valence-corrected chi connectivity index (χ1v) is 5.87. The summed E-state index contributed by atoms with van der Waals surface area (Å²) in [6.07, 6.45) is 3.10. The number of nitrogens with one attached hydrogen (secondary N) is 1. The fourth-order valence-electron chi connectivity index (χ4n) is 2.56. The number of H-pyrrole nitrogens is 1. The maximum atomic E-state index is 9.12. The Labute approximate surface area is 98.8 Å². The Kier molecular flexibility index (Phi) is 2.15. The van der Waals surface area contributed by atoms with Crippen molar-refractivity contribution < 1.29 is 0 Å². The van der Waals surface area contributed by atoms with Crippen molar-refractivity contribution in [2.75, 3.05) is 0 Å².